The van der Waals surface area contributed by atoms with Gasteiger partial charge < -0.3 is 9.72 Å². The molecule has 0 bridgehead atoms. The summed E-state index contributed by atoms with van der Waals surface area (Å²) in [5.74, 6) is 0. The fraction of sp³-hybridized carbons (Fsp3) is 0.462. The van der Waals surface area contributed by atoms with Crippen LogP contribution in [0.4, 0.5) is 0 Å². The Balaban J connectivity index is 2.17. The summed E-state index contributed by atoms with van der Waals surface area (Å²) in [7, 11) is 0. The van der Waals surface area contributed by atoms with Crippen molar-refractivity contribution in [2.45, 2.75) is 32.7 Å². The Morgan fingerprint density at radius 2 is 2.28 bits per heavy atom. The highest BCUT2D eigenvalue weighted by Gasteiger charge is 2.09. The van der Waals surface area contributed by atoms with Gasteiger partial charge in [0.2, 0.25) is 0 Å². The molecule has 0 saturated carbocycles. The van der Waals surface area contributed by atoms with Crippen LogP contribution in [0.2, 0.25) is 5.02 Å². The number of nitrogens with one attached hydrogen (secondary N) is 1. The van der Waals surface area contributed by atoms with Crippen molar-refractivity contribution < 1.29 is 0 Å². The maximum atomic E-state index is 6.17. The van der Waals surface area contributed by atoms with E-state index in [2.05, 4.69) is 40.1 Å². The molecule has 0 aliphatic carbocycles. The first-order valence-electron chi connectivity index (χ1n) is 6.16. The summed E-state index contributed by atoms with van der Waals surface area (Å²) in [6.07, 6.45) is 6.07. The zero-order chi connectivity index (χ0) is 13.1. The predicted molar refractivity (Wildman–Crippen MR) is 79.4 cm³/mol. The van der Waals surface area contributed by atoms with Crippen molar-refractivity contribution in [1.82, 2.24) is 14.7 Å². The number of nitrogens with zero attached hydrogens (tertiary/aromatic N) is 2. The van der Waals surface area contributed by atoms with Gasteiger partial charge >= 0.3 is 0 Å². The number of halogens is 2. The Morgan fingerprint density at radius 3 is 3.00 bits per heavy atom. The van der Waals surface area contributed by atoms with Crippen molar-refractivity contribution in [3.63, 3.8) is 0 Å². The van der Waals surface area contributed by atoms with Crippen LogP contribution in [-0.4, -0.2) is 22.0 Å². The number of hydrogen-bond donors (Lipinski definition) is 1. The van der Waals surface area contributed by atoms with Crippen LogP contribution < -0.4 is 5.32 Å². The molecule has 2 aromatic rings. The van der Waals surface area contributed by atoms with E-state index in [0.717, 1.165) is 35.2 Å². The lowest BCUT2D eigenvalue weighted by Crippen LogP contribution is -2.28. The molecule has 0 aromatic carbocycles. The van der Waals surface area contributed by atoms with Gasteiger partial charge in [0.25, 0.3) is 0 Å². The van der Waals surface area contributed by atoms with Crippen LogP contribution in [0.1, 0.15) is 26.0 Å². The molecule has 0 aliphatic rings. The molecule has 98 valence electrons. The fourth-order valence-electron chi connectivity index (χ4n) is 1.95. The second-order valence-electron chi connectivity index (χ2n) is 4.53. The third-order valence-electron chi connectivity index (χ3n) is 2.78. The fourth-order valence-corrected chi connectivity index (χ4v) is 2.79. The highest BCUT2D eigenvalue weighted by atomic mass is 79.9. The first kappa shape index (κ1) is 13.8. The van der Waals surface area contributed by atoms with E-state index in [1.165, 1.54) is 0 Å². The Labute approximate surface area is 121 Å². The van der Waals surface area contributed by atoms with Crippen LogP contribution in [0.3, 0.4) is 0 Å². The van der Waals surface area contributed by atoms with Gasteiger partial charge in [0.15, 0.2) is 5.65 Å². The average Bonchev–Trinajstić information content (AvgIpc) is 2.69. The third kappa shape index (κ3) is 3.25. The molecule has 1 unspecified atom stereocenters. The van der Waals surface area contributed by atoms with Gasteiger partial charge in [0.05, 0.1) is 10.7 Å². The Kier molecular flexibility index (Phi) is 4.65. The molecule has 0 spiro atoms. The maximum Gasteiger partial charge on any atom is 0.155 e. The lowest BCUT2D eigenvalue weighted by atomic mass is 10.2. The van der Waals surface area contributed by atoms with Crippen molar-refractivity contribution in [2.24, 2.45) is 0 Å². The van der Waals surface area contributed by atoms with Crippen molar-refractivity contribution in [3.8, 4) is 0 Å². The first-order valence-corrected chi connectivity index (χ1v) is 7.33. The number of imidazole rings is 1. The normalized spacial score (nSPS) is 13.1. The summed E-state index contributed by atoms with van der Waals surface area (Å²) in [6, 6.07) is 2.30. The Bertz CT molecular complexity index is 538. The zero-order valence-corrected chi connectivity index (χ0v) is 12.9. The summed E-state index contributed by atoms with van der Waals surface area (Å²) < 4.78 is 2.93. The van der Waals surface area contributed by atoms with Gasteiger partial charge in [-0.3, -0.25) is 0 Å². The van der Waals surface area contributed by atoms with Gasteiger partial charge in [-0.2, -0.15) is 0 Å². The zero-order valence-electron chi connectivity index (χ0n) is 10.6. The average molecular weight is 331 g/mol. The summed E-state index contributed by atoms with van der Waals surface area (Å²) in [4.78, 5) is 4.57. The molecule has 0 saturated heterocycles. The smallest absolute Gasteiger partial charge is 0.155 e. The van der Waals surface area contributed by atoms with Crippen LogP contribution >= 0.6 is 27.5 Å². The van der Waals surface area contributed by atoms with Crippen molar-refractivity contribution in [3.05, 3.63) is 33.6 Å². The molecular weight excluding hydrogens is 314 g/mol. The lowest BCUT2D eigenvalue weighted by molar-refractivity contribution is 0.539. The quantitative estimate of drug-likeness (QED) is 0.906. The van der Waals surface area contributed by atoms with Crippen LogP contribution in [0, 0.1) is 0 Å². The summed E-state index contributed by atoms with van der Waals surface area (Å²) in [6.45, 7) is 5.39. The van der Waals surface area contributed by atoms with Crippen molar-refractivity contribution in [1.29, 1.82) is 0 Å². The van der Waals surface area contributed by atoms with E-state index in [0.29, 0.717) is 11.1 Å². The highest BCUT2D eigenvalue weighted by Crippen LogP contribution is 2.22. The van der Waals surface area contributed by atoms with Gasteiger partial charge in [0, 0.05) is 29.3 Å². The van der Waals surface area contributed by atoms with E-state index in [4.69, 9.17) is 11.6 Å². The van der Waals surface area contributed by atoms with E-state index in [1.807, 2.05) is 22.9 Å². The van der Waals surface area contributed by atoms with Gasteiger partial charge in [0.1, 0.15) is 0 Å². The van der Waals surface area contributed by atoms with E-state index in [1.54, 1.807) is 0 Å². The second-order valence-corrected chi connectivity index (χ2v) is 5.85. The Hall–Kier alpha value is -0.580. The molecule has 2 rings (SSSR count). The number of fused-ring (bicyclic) bond motifs is 1. The van der Waals surface area contributed by atoms with Gasteiger partial charge in [-0.1, -0.05) is 18.5 Å². The molecule has 5 heteroatoms. The molecule has 1 N–H and O–H groups in total. The molecule has 0 fully saturated rings. The summed E-state index contributed by atoms with van der Waals surface area (Å²) >= 11 is 9.60. The van der Waals surface area contributed by atoms with Gasteiger partial charge in [-0.05, 0) is 41.9 Å². The molecule has 2 aromatic heterocycles. The van der Waals surface area contributed by atoms with Crippen LogP contribution in [0.25, 0.3) is 5.65 Å². The minimum atomic E-state index is 0.428. The van der Waals surface area contributed by atoms with E-state index in [9.17, 15) is 0 Å². The molecular formula is C13H17BrClN3. The first-order chi connectivity index (χ1) is 8.60. The lowest BCUT2D eigenvalue weighted by Gasteiger charge is -2.10. The standard InChI is InChI=1S/C13H17BrClN3/c1-3-4-16-9(2)5-11-8-18-7-10(14)6-12(15)13(18)17-11/h6-9,16H,3-5H2,1-2H3. The van der Waals surface area contributed by atoms with Crippen LogP contribution in [-0.2, 0) is 6.42 Å². The Morgan fingerprint density at radius 1 is 1.50 bits per heavy atom. The number of rotatable bonds is 5. The number of hydrogen-bond acceptors (Lipinski definition) is 2. The predicted octanol–water partition coefficient (Wildman–Crippen LogP) is 3.68. The molecule has 0 radical (unpaired) electrons. The number of aromatic nitrogens is 2. The molecule has 1 atom stereocenters. The molecule has 0 amide bonds. The van der Waals surface area contributed by atoms with Crippen LogP contribution in [0.5, 0.6) is 0 Å². The SMILES string of the molecule is CCCNC(C)Cc1cn2cc(Br)cc(Cl)c2n1. The minimum Gasteiger partial charge on any atom is -0.314 e. The highest BCUT2D eigenvalue weighted by molar-refractivity contribution is 9.10. The van der Waals surface area contributed by atoms with Crippen molar-refractivity contribution in [2.75, 3.05) is 6.54 Å². The van der Waals surface area contributed by atoms with E-state index >= 15 is 0 Å². The minimum absolute atomic E-state index is 0.428. The molecule has 0 aliphatic heterocycles. The largest absolute Gasteiger partial charge is 0.314 e. The monoisotopic (exact) mass is 329 g/mol. The summed E-state index contributed by atoms with van der Waals surface area (Å²) in [5.41, 5.74) is 1.88. The molecule has 3 nitrogen and oxygen atoms in total. The van der Waals surface area contributed by atoms with Crippen molar-refractivity contribution >= 4 is 33.2 Å². The van der Waals surface area contributed by atoms with E-state index < -0.39 is 0 Å². The number of pyridine rings is 1. The van der Waals surface area contributed by atoms with E-state index in [-0.39, 0.29) is 0 Å². The van der Waals surface area contributed by atoms with Gasteiger partial charge in [-0.15, -0.1) is 0 Å². The molecule has 2 heterocycles. The topological polar surface area (TPSA) is 29.3 Å². The van der Waals surface area contributed by atoms with Gasteiger partial charge in [-0.25, -0.2) is 4.98 Å². The third-order valence-corrected chi connectivity index (χ3v) is 3.49. The molecule has 18 heavy (non-hydrogen) atoms. The maximum absolute atomic E-state index is 6.17. The second kappa shape index (κ2) is 6.04. The summed E-state index contributed by atoms with van der Waals surface area (Å²) in [5, 5.41) is 4.13. The van der Waals surface area contributed by atoms with Crippen LogP contribution in [0.15, 0.2) is 22.9 Å².